The summed E-state index contributed by atoms with van der Waals surface area (Å²) in [5.41, 5.74) is 2.00. The molecule has 0 radical (unpaired) electrons. The summed E-state index contributed by atoms with van der Waals surface area (Å²) in [5, 5.41) is 11.2. The lowest BCUT2D eigenvalue weighted by molar-refractivity contribution is 0.214. The lowest BCUT2D eigenvalue weighted by atomic mass is 9.77. The van der Waals surface area contributed by atoms with Crippen LogP contribution in [-0.2, 0) is 6.42 Å². The number of benzene rings is 1. The highest BCUT2D eigenvalue weighted by Crippen LogP contribution is 2.49. The molecule has 1 aromatic carbocycles. The Bertz CT molecular complexity index is 895. The Labute approximate surface area is 163 Å². The average molecular weight is 386 g/mol. The molecule has 2 aromatic rings. The molecule has 0 unspecified atom stereocenters. The summed E-state index contributed by atoms with van der Waals surface area (Å²) in [4.78, 5) is 13.5. The number of amides is 2. The quantitative estimate of drug-likeness (QED) is 0.848. The first-order chi connectivity index (χ1) is 13.4. The van der Waals surface area contributed by atoms with Crippen LogP contribution < -0.4 is 5.32 Å². The van der Waals surface area contributed by atoms with E-state index in [0.717, 1.165) is 37.1 Å². The number of nitrogens with zero attached hydrogens (tertiary/aromatic N) is 3. The van der Waals surface area contributed by atoms with Crippen molar-refractivity contribution in [3.63, 3.8) is 0 Å². The number of rotatable bonds is 5. The largest absolute Gasteiger partial charge is 0.336 e. The van der Waals surface area contributed by atoms with Crippen LogP contribution in [0.3, 0.4) is 0 Å². The van der Waals surface area contributed by atoms with Crippen molar-refractivity contribution in [2.45, 2.75) is 39.0 Å². The van der Waals surface area contributed by atoms with Crippen LogP contribution in [0.1, 0.15) is 43.9 Å². The third-order valence-electron chi connectivity index (χ3n) is 5.93. The highest BCUT2D eigenvalue weighted by molar-refractivity contribution is 5.76. The predicted octanol–water partition coefficient (Wildman–Crippen LogP) is 3.89. The molecule has 4 rings (SSSR count). The minimum Gasteiger partial charge on any atom is -0.336 e. The van der Waals surface area contributed by atoms with E-state index in [1.165, 1.54) is 18.2 Å². The van der Waals surface area contributed by atoms with Crippen molar-refractivity contribution in [2.75, 3.05) is 19.6 Å². The number of fused-ring (bicyclic) bond motifs is 1. The zero-order chi connectivity index (χ0) is 19.9. The van der Waals surface area contributed by atoms with Gasteiger partial charge in [-0.2, -0.15) is 10.2 Å². The number of halogens is 2. The van der Waals surface area contributed by atoms with Gasteiger partial charge in [0.05, 0.1) is 17.0 Å². The number of aromatic nitrogens is 2. The molecule has 2 aliphatic rings. The van der Waals surface area contributed by atoms with Gasteiger partial charge < -0.3 is 10.2 Å². The summed E-state index contributed by atoms with van der Waals surface area (Å²) in [5.74, 6) is -1.07. The van der Waals surface area contributed by atoms with Crippen LogP contribution in [0.25, 0.3) is 11.3 Å². The molecule has 0 bridgehead atoms. The van der Waals surface area contributed by atoms with Crippen LogP contribution in [0.5, 0.6) is 0 Å². The summed E-state index contributed by atoms with van der Waals surface area (Å²) < 4.78 is 28.4. The van der Waals surface area contributed by atoms with Crippen LogP contribution in [0, 0.1) is 17.0 Å². The highest BCUT2D eigenvalue weighted by Gasteiger charge is 2.40. The Morgan fingerprint density at radius 2 is 2.00 bits per heavy atom. The number of hydrogen-bond donors (Lipinski definition) is 1. The summed E-state index contributed by atoms with van der Waals surface area (Å²) in [6.45, 7) is 6.52. The van der Waals surface area contributed by atoms with Crippen LogP contribution >= 0.6 is 0 Å². The second-order valence-electron chi connectivity index (χ2n) is 8.31. The minimum atomic E-state index is -0.636. The van der Waals surface area contributed by atoms with Gasteiger partial charge in [0, 0.05) is 19.6 Å². The molecular formula is C21H24F2N4O. The van der Waals surface area contributed by atoms with E-state index in [1.54, 1.807) is 6.07 Å². The van der Waals surface area contributed by atoms with Gasteiger partial charge in [-0.15, -0.1) is 0 Å². The standard InChI is InChI=1S/C21H24F2N4O/c1-21(2)12-18-13(14(21)5-4-9-27-10-8-24-20(27)28)11-17(25-26-18)19-15(22)6-3-7-16(19)23/h3,6-7,11,14H,4-5,8-10,12H2,1-2H3,(H,24,28)/t14-/m1/s1. The Morgan fingerprint density at radius 3 is 2.68 bits per heavy atom. The molecule has 1 atom stereocenters. The first-order valence-corrected chi connectivity index (χ1v) is 9.70. The molecule has 1 N–H and O–H groups in total. The van der Waals surface area contributed by atoms with E-state index in [0.29, 0.717) is 13.1 Å². The van der Waals surface area contributed by atoms with Gasteiger partial charge in [-0.3, -0.25) is 0 Å². The fourth-order valence-electron chi connectivity index (χ4n) is 4.47. The molecule has 1 fully saturated rings. The van der Waals surface area contributed by atoms with Gasteiger partial charge in [-0.1, -0.05) is 19.9 Å². The van der Waals surface area contributed by atoms with Gasteiger partial charge >= 0.3 is 6.03 Å². The fourth-order valence-corrected chi connectivity index (χ4v) is 4.47. The van der Waals surface area contributed by atoms with Gasteiger partial charge in [0.15, 0.2) is 0 Å². The smallest absolute Gasteiger partial charge is 0.317 e. The maximum absolute atomic E-state index is 14.2. The van der Waals surface area contributed by atoms with Crippen LogP contribution in [0.15, 0.2) is 24.3 Å². The van der Waals surface area contributed by atoms with E-state index in [2.05, 4.69) is 29.4 Å². The molecular weight excluding hydrogens is 362 g/mol. The molecule has 148 valence electrons. The molecule has 1 aromatic heterocycles. The molecule has 28 heavy (non-hydrogen) atoms. The van der Waals surface area contributed by atoms with E-state index in [1.807, 2.05) is 4.90 Å². The molecule has 0 spiro atoms. The van der Waals surface area contributed by atoms with E-state index in [-0.39, 0.29) is 28.6 Å². The molecule has 0 saturated carbocycles. The first-order valence-electron chi connectivity index (χ1n) is 9.70. The fraction of sp³-hybridized carbons (Fsp3) is 0.476. The number of carbonyl (C=O) groups excluding carboxylic acids is 1. The molecule has 2 amide bonds. The van der Waals surface area contributed by atoms with Crippen LogP contribution in [-0.4, -0.2) is 40.8 Å². The second-order valence-corrected chi connectivity index (χ2v) is 8.31. The van der Waals surface area contributed by atoms with Gasteiger partial charge in [-0.25, -0.2) is 13.6 Å². The Hall–Kier alpha value is -2.57. The van der Waals surface area contributed by atoms with Gasteiger partial charge in [0.1, 0.15) is 11.6 Å². The van der Waals surface area contributed by atoms with Crippen molar-refractivity contribution in [2.24, 2.45) is 5.41 Å². The predicted molar refractivity (Wildman–Crippen MR) is 102 cm³/mol. The van der Waals surface area contributed by atoms with E-state index in [9.17, 15) is 13.6 Å². The topological polar surface area (TPSA) is 58.1 Å². The second kappa shape index (κ2) is 7.11. The maximum atomic E-state index is 14.2. The lowest BCUT2D eigenvalue weighted by Gasteiger charge is -2.28. The van der Waals surface area contributed by atoms with Crippen molar-refractivity contribution >= 4 is 6.03 Å². The number of urea groups is 1. The van der Waals surface area contributed by atoms with Crippen molar-refractivity contribution in [1.29, 1.82) is 0 Å². The molecule has 2 heterocycles. The average Bonchev–Trinajstić information content (AvgIpc) is 3.15. The van der Waals surface area contributed by atoms with E-state index < -0.39 is 11.6 Å². The van der Waals surface area contributed by atoms with E-state index >= 15 is 0 Å². The van der Waals surface area contributed by atoms with Crippen molar-refractivity contribution in [3.8, 4) is 11.3 Å². The lowest BCUT2D eigenvalue weighted by Crippen LogP contribution is -2.29. The van der Waals surface area contributed by atoms with E-state index in [4.69, 9.17) is 0 Å². The third kappa shape index (κ3) is 3.34. The molecule has 7 heteroatoms. The Balaban J connectivity index is 1.58. The SMILES string of the molecule is CC1(C)Cc2nnc(-c3c(F)cccc3F)cc2[C@H]1CCCN1CCNC1=O. The molecule has 1 aliphatic carbocycles. The van der Waals surface area contributed by atoms with Crippen molar-refractivity contribution in [3.05, 3.63) is 47.2 Å². The zero-order valence-electron chi connectivity index (χ0n) is 16.1. The van der Waals surface area contributed by atoms with Gasteiger partial charge in [-0.05, 0) is 54.4 Å². The van der Waals surface area contributed by atoms with Crippen LogP contribution in [0.4, 0.5) is 13.6 Å². The molecule has 5 nitrogen and oxygen atoms in total. The molecule has 1 saturated heterocycles. The number of nitrogens with one attached hydrogen (secondary N) is 1. The number of hydrogen-bond acceptors (Lipinski definition) is 3. The third-order valence-corrected chi connectivity index (χ3v) is 5.93. The Morgan fingerprint density at radius 1 is 1.25 bits per heavy atom. The molecule has 1 aliphatic heterocycles. The van der Waals surface area contributed by atoms with Gasteiger partial charge in [0.2, 0.25) is 0 Å². The first kappa shape index (κ1) is 18.8. The zero-order valence-corrected chi connectivity index (χ0v) is 16.1. The Kier molecular flexibility index (Phi) is 4.77. The summed E-state index contributed by atoms with van der Waals surface area (Å²) in [6.07, 6.45) is 2.53. The monoisotopic (exact) mass is 386 g/mol. The minimum absolute atomic E-state index is 0.00531. The van der Waals surface area contributed by atoms with Crippen molar-refractivity contribution < 1.29 is 13.6 Å². The maximum Gasteiger partial charge on any atom is 0.317 e. The highest BCUT2D eigenvalue weighted by atomic mass is 19.1. The van der Waals surface area contributed by atoms with Crippen molar-refractivity contribution in [1.82, 2.24) is 20.4 Å². The number of carbonyl (C=O) groups is 1. The summed E-state index contributed by atoms with van der Waals surface area (Å²) in [7, 11) is 0. The normalized spacial score (nSPS) is 20.4. The van der Waals surface area contributed by atoms with Crippen LogP contribution in [0.2, 0.25) is 0 Å². The summed E-state index contributed by atoms with van der Waals surface area (Å²) in [6, 6.07) is 5.60. The van der Waals surface area contributed by atoms with Gasteiger partial charge in [0.25, 0.3) is 0 Å². The summed E-state index contributed by atoms with van der Waals surface area (Å²) >= 11 is 0.